The third-order valence-corrected chi connectivity index (χ3v) is 7.85. The fourth-order valence-electron chi connectivity index (χ4n) is 6.42. The number of hydrogen-bond acceptors (Lipinski definition) is 3. The van der Waals surface area contributed by atoms with Gasteiger partial charge < -0.3 is 15.7 Å². The van der Waals surface area contributed by atoms with E-state index in [-0.39, 0.29) is 11.5 Å². The molecule has 0 heterocycles. The second kappa shape index (κ2) is 5.55. The summed E-state index contributed by atoms with van der Waals surface area (Å²) in [6, 6.07) is 0.893. The lowest BCUT2D eigenvalue weighted by Gasteiger charge is -2.58. The first kappa shape index (κ1) is 16.6. The average Bonchev–Trinajstić information content (AvgIpc) is 2.91. The van der Waals surface area contributed by atoms with Crippen LogP contribution in [0, 0.1) is 28.6 Å². The van der Waals surface area contributed by atoms with Crippen molar-refractivity contribution in [1.82, 2.24) is 10.6 Å². The Hall–Kier alpha value is -0.900. The zero-order valence-electron chi connectivity index (χ0n) is 15.4. The zero-order valence-corrected chi connectivity index (χ0v) is 15.4. The monoisotopic (exact) mass is 328 g/mol. The molecule has 0 aromatic carbocycles. The Morgan fingerprint density at radius 3 is 2.62 bits per heavy atom. The summed E-state index contributed by atoms with van der Waals surface area (Å²) < 4.78 is 0. The third kappa shape index (κ3) is 2.07. The van der Waals surface area contributed by atoms with Crippen LogP contribution >= 0.6 is 0 Å². The first-order valence-electron chi connectivity index (χ1n) is 9.55. The number of aliphatic hydroxyl groups is 1. The molecule has 4 rings (SSSR count). The Morgan fingerprint density at radius 1 is 1.12 bits per heavy atom. The summed E-state index contributed by atoms with van der Waals surface area (Å²) >= 11 is 0. The molecular formula is C21H32N2O. The van der Waals surface area contributed by atoms with E-state index >= 15 is 0 Å². The van der Waals surface area contributed by atoms with Gasteiger partial charge in [-0.05, 0) is 56.5 Å². The van der Waals surface area contributed by atoms with E-state index in [1.807, 2.05) is 6.08 Å². The minimum absolute atomic E-state index is 0.115. The van der Waals surface area contributed by atoms with Gasteiger partial charge in [-0.15, -0.1) is 0 Å². The van der Waals surface area contributed by atoms with Gasteiger partial charge in [-0.2, -0.15) is 0 Å². The summed E-state index contributed by atoms with van der Waals surface area (Å²) in [4.78, 5) is 0. The molecule has 3 nitrogen and oxygen atoms in total. The van der Waals surface area contributed by atoms with Crippen LogP contribution in [0.25, 0.3) is 0 Å². The van der Waals surface area contributed by atoms with Gasteiger partial charge in [-0.1, -0.05) is 49.8 Å². The van der Waals surface area contributed by atoms with Crippen LogP contribution in [-0.2, 0) is 0 Å². The van der Waals surface area contributed by atoms with E-state index in [4.69, 9.17) is 0 Å². The molecule has 1 saturated carbocycles. The van der Waals surface area contributed by atoms with Gasteiger partial charge in [0.25, 0.3) is 0 Å². The summed E-state index contributed by atoms with van der Waals surface area (Å²) in [6.45, 7) is 4.88. The fraction of sp³-hybridized carbons (Fsp3) is 0.714. The van der Waals surface area contributed by atoms with Gasteiger partial charge in [0.2, 0.25) is 0 Å². The van der Waals surface area contributed by atoms with Crippen molar-refractivity contribution in [3.05, 3.63) is 36.0 Å². The van der Waals surface area contributed by atoms with Gasteiger partial charge in [0, 0.05) is 17.5 Å². The van der Waals surface area contributed by atoms with Crippen molar-refractivity contribution in [1.29, 1.82) is 0 Å². The highest BCUT2D eigenvalue weighted by Gasteiger charge is 2.58. The maximum absolute atomic E-state index is 10.1. The molecule has 0 radical (unpaired) electrons. The molecule has 3 heteroatoms. The van der Waals surface area contributed by atoms with Crippen LogP contribution in [0.5, 0.6) is 0 Å². The number of aliphatic hydroxyl groups excluding tert-OH is 1. The molecule has 4 aliphatic rings. The van der Waals surface area contributed by atoms with Crippen LogP contribution < -0.4 is 10.6 Å². The Labute approximate surface area is 146 Å². The molecule has 0 spiro atoms. The van der Waals surface area contributed by atoms with Crippen molar-refractivity contribution in [2.24, 2.45) is 28.6 Å². The minimum Gasteiger partial charge on any atom is -0.389 e. The van der Waals surface area contributed by atoms with E-state index in [0.717, 1.165) is 6.42 Å². The van der Waals surface area contributed by atoms with Gasteiger partial charge in [0.05, 0.1) is 6.10 Å². The zero-order chi connectivity index (χ0) is 17.1. The molecule has 0 aromatic rings. The van der Waals surface area contributed by atoms with Gasteiger partial charge in [0.1, 0.15) is 0 Å². The highest BCUT2D eigenvalue weighted by atomic mass is 16.3. The number of rotatable bonds is 2. The van der Waals surface area contributed by atoms with Crippen LogP contribution in [0.1, 0.15) is 33.1 Å². The summed E-state index contributed by atoms with van der Waals surface area (Å²) in [5, 5.41) is 17.2. The normalized spacial score (nSPS) is 52.5. The third-order valence-electron chi connectivity index (χ3n) is 7.85. The van der Waals surface area contributed by atoms with Crippen LogP contribution in [0.4, 0.5) is 0 Å². The van der Waals surface area contributed by atoms with Crippen LogP contribution in [-0.4, -0.2) is 37.4 Å². The number of hydrogen-bond donors (Lipinski definition) is 3. The molecule has 8 atom stereocenters. The fourth-order valence-corrected chi connectivity index (χ4v) is 6.42. The summed E-state index contributed by atoms with van der Waals surface area (Å²) in [6.07, 6.45) is 14.7. The van der Waals surface area contributed by atoms with E-state index in [9.17, 15) is 5.11 Å². The molecule has 0 unspecified atom stereocenters. The van der Waals surface area contributed by atoms with Crippen molar-refractivity contribution in [2.75, 3.05) is 14.1 Å². The van der Waals surface area contributed by atoms with Crippen molar-refractivity contribution >= 4 is 0 Å². The smallest absolute Gasteiger partial charge is 0.0758 e. The number of likely N-dealkylation sites (N-methyl/N-ethyl adjacent to an activating group) is 2. The lowest BCUT2D eigenvalue weighted by atomic mass is 9.47. The molecule has 0 aliphatic heterocycles. The SMILES string of the molecule is CN[C@H]1C=C2C[C@@H](O)C=C[C@]2(C)[C@H]2CC[C@]3(C)[C@@H](NC)C=C[C@H]3[C@H]12. The average molecular weight is 328 g/mol. The molecule has 24 heavy (non-hydrogen) atoms. The lowest BCUT2D eigenvalue weighted by molar-refractivity contribution is -0.0152. The molecule has 0 bridgehead atoms. The Kier molecular flexibility index (Phi) is 3.83. The number of nitrogens with one attached hydrogen (secondary N) is 2. The van der Waals surface area contributed by atoms with Crippen LogP contribution in [0.3, 0.4) is 0 Å². The van der Waals surface area contributed by atoms with Crippen LogP contribution in [0.15, 0.2) is 36.0 Å². The largest absolute Gasteiger partial charge is 0.389 e. The lowest BCUT2D eigenvalue weighted by Crippen LogP contribution is -2.58. The highest BCUT2D eigenvalue weighted by Crippen LogP contribution is 2.62. The first-order chi connectivity index (χ1) is 11.4. The van der Waals surface area contributed by atoms with E-state index in [1.165, 1.54) is 18.4 Å². The molecule has 0 aromatic heterocycles. The second-order valence-corrected chi connectivity index (χ2v) is 8.83. The predicted octanol–water partition coefficient (Wildman–Crippen LogP) is 2.65. The van der Waals surface area contributed by atoms with Gasteiger partial charge in [-0.25, -0.2) is 0 Å². The number of fused-ring (bicyclic) bond motifs is 5. The minimum atomic E-state index is -0.313. The maximum atomic E-state index is 10.1. The Balaban J connectivity index is 1.77. The van der Waals surface area contributed by atoms with E-state index in [1.54, 1.807) is 0 Å². The first-order valence-corrected chi connectivity index (χ1v) is 9.55. The van der Waals surface area contributed by atoms with Gasteiger partial charge >= 0.3 is 0 Å². The Morgan fingerprint density at radius 2 is 1.92 bits per heavy atom. The molecule has 4 aliphatic carbocycles. The molecular weight excluding hydrogens is 296 g/mol. The van der Waals surface area contributed by atoms with Crippen molar-refractivity contribution in [2.45, 2.75) is 51.3 Å². The molecule has 1 fully saturated rings. The topological polar surface area (TPSA) is 44.3 Å². The molecule has 0 saturated heterocycles. The summed E-state index contributed by atoms with van der Waals surface area (Å²) in [5.41, 5.74) is 1.88. The Bertz CT molecular complexity index is 609. The van der Waals surface area contributed by atoms with Crippen LogP contribution in [0.2, 0.25) is 0 Å². The maximum Gasteiger partial charge on any atom is 0.0758 e. The summed E-state index contributed by atoms with van der Waals surface area (Å²) in [7, 11) is 4.19. The quantitative estimate of drug-likeness (QED) is 0.683. The second-order valence-electron chi connectivity index (χ2n) is 8.83. The molecule has 0 amide bonds. The molecule has 3 N–H and O–H groups in total. The highest BCUT2D eigenvalue weighted by molar-refractivity contribution is 5.36. The van der Waals surface area contributed by atoms with Crippen molar-refractivity contribution in [3.8, 4) is 0 Å². The van der Waals surface area contributed by atoms with Crippen molar-refractivity contribution < 1.29 is 5.11 Å². The van der Waals surface area contributed by atoms with Gasteiger partial charge in [0.15, 0.2) is 0 Å². The van der Waals surface area contributed by atoms with E-state index in [2.05, 4.69) is 62.9 Å². The molecule has 132 valence electrons. The predicted molar refractivity (Wildman–Crippen MR) is 98.6 cm³/mol. The van der Waals surface area contributed by atoms with Crippen molar-refractivity contribution in [3.63, 3.8) is 0 Å². The van der Waals surface area contributed by atoms with E-state index < -0.39 is 0 Å². The standard InChI is InChI=1S/C21H32N2O/c1-20-9-7-14(24)11-13(20)12-17(22-3)19-15-5-6-18(23-4)21(15,2)10-8-16(19)20/h5-7,9,12,14-19,22-24H,8,10-11H2,1-4H3/t14-,15-,16-,17-,18-,19-,20-,21-/m0/s1. The van der Waals surface area contributed by atoms with Gasteiger partial charge in [-0.3, -0.25) is 0 Å². The number of allylic oxidation sites excluding steroid dienone is 2. The summed E-state index contributed by atoms with van der Waals surface area (Å²) in [5.74, 6) is 1.88. The van der Waals surface area contributed by atoms with E-state index in [0.29, 0.717) is 35.3 Å².